The van der Waals surface area contributed by atoms with E-state index in [0.717, 1.165) is 22.6 Å². The number of amides is 1. The summed E-state index contributed by atoms with van der Waals surface area (Å²) in [6, 6.07) is 13.3. The molecule has 0 bridgehead atoms. The third-order valence-electron chi connectivity index (χ3n) is 6.88. The van der Waals surface area contributed by atoms with E-state index in [1.807, 2.05) is 6.92 Å². The Balaban J connectivity index is 1.55. The maximum atomic E-state index is 13.9. The number of methoxy groups -OCH3 is 2. The lowest BCUT2D eigenvalue weighted by atomic mass is 9.94. The number of halogens is 1. The minimum Gasteiger partial charge on any atom is -0.507 e. The Morgan fingerprint density at radius 2 is 1.87 bits per heavy atom. The highest BCUT2D eigenvalue weighted by atomic mass is 32.1. The fourth-order valence-corrected chi connectivity index (χ4v) is 6.10. The van der Waals surface area contributed by atoms with Crippen molar-refractivity contribution in [1.82, 2.24) is 4.98 Å². The lowest BCUT2D eigenvalue weighted by Gasteiger charge is -2.23. The molecule has 4 aromatic rings. The van der Waals surface area contributed by atoms with Crippen LogP contribution in [0.15, 0.2) is 60.2 Å². The molecule has 6 rings (SSSR count). The minimum atomic E-state index is -1.03. The van der Waals surface area contributed by atoms with Gasteiger partial charge in [0.05, 0.1) is 36.1 Å². The van der Waals surface area contributed by atoms with Crippen molar-refractivity contribution < 1.29 is 33.3 Å². The van der Waals surface area contributed by atoms with E-state index in [1.165, 1.54) is 37.3 Å². The number of ketones is 1. The highest BCUT2D eigenvalue weighted by Gasteiger charge is 2.48. The molecule has 39 heavy (non-hydrogen) atoms. The van der Waals surface area contributed by atoms with Gasteiger partial charge in [-0.05, 0) is 66.6 Å². The van der Waals surface area contributed by atoms with Crippen LogP contribution in [0.4, 0.5) is 9.52 Å². The van der Waals surface area contributed by atoms with Crippen LogP contribution < -0.4 is 19.1 Å². The molecule has 2 aliphatic rings. The van der Waals surface area contributed by atoms with Gasteiger partial charge in [-0.25, -0.2) is 9.37 Å². The second-order valence-electron chi connectivity index (χ2n) is 9.35. The maximum Gasteiger partial charge on any atom is 0.301 e. The van der Waals surface area contributed by atoms with Gasteiger partial charge in [0.25, 0.3) is 5.78 Å². The SMILES string of the molecule is COc1ccc([C@@H]2/C(=C(\O)c3ccc4c(c3)C[C@@H](C)O4)C(=O)C(=O)N2c2nc3ccc(F)cc3s2)cc1OC. The first-order valence-electron chi connectivity index (χ1n) is 12.2. The van der Waals surface area contributed by atoms with Crippen LogP contribution in [0.2, 0.25) is 0 Å². The van der Waals surface area contributed by atoms with Gasteiger partial charge in [0, 0.05) is 12.0 Å². The lowest BCUT2D eigenvalue weighted by Crippen LogP contribution is -2.29. The van der Waals surface area contributed by atoms with Crippen molar-refractivity contribution in [3.05, 3.63) is 82.7 Å². The first-order valence-corrected chi connectivity index (χ1v) is 13.0. The summed E-state index contributed by atoms with van der Waals surface area (Å²) < 4.78 is 31.0. The highest BCUT2D eigenvalue weighted by Crippen LogP contribution is 2.46. The molecule has 0 unspecified atom stereocenters. The summed E-state index contributed by atoms with van der Waals surface area (Å²) in [7, 11) is 2.98. The van der Waals surface area contributed by atoms with Crippen LogP contribution in [-0.2, 0) is 16.0 Å². The number of carbonyl (C=O) groups is 2. The van der Waals surface area contributed by atoms with Gasteiger partial charge in [-0.3, -0.25) is 14.5 Å². The predicted molar refractivity (Wildman–Crippen MR) is 144 cm³/mol. The smallest absolute Gasteiger partial charge is 0.301 e. The molecular weight excluding hydrogens is 523 g/mol. The summed E-state index contributed by atoms with van der Waals surface area (Å²) >= 11 is 1.08. The number of hydrogen-bond acceptors (Lipinski definition) is 8. The molecular formula is C29H23FN2O6S. The molecule has 1 amide bonds. The fourth-order valence-electron chi connectivity index (χ4n) is 5.08. The topological polar surface area (TPSA) is 98.2 Å². The second-order valence-corrected chi connectivity index (χ2v) is 10.4. The van der Waals surface area contributed by atoms with Crippen LogP contribution in [0.1, 0.15) is 29.7 Å². The number of Topliss-reactive ketones (excluding diaryl/α,β-unsaturated/α-hetero) is 1. The molecule has 0 saturated carbocycles. The molecule has 0 spiro atoms. The van der Waals surface area contributed by atoms with Gasteiger partial charge < -0.3 is 19.3 Å². The average Bonchev–Trinajstić information content (AvgIpc) is 3.59. The zero-order valence-electron chi connectivity index (χ0n) is 21.2. The summed E-state index contributed by atoms with van der Waals surface area (Å²) in [5.74, 6) is -0.900. The number of ether oxygens (including phenoxy) is 3. The molecule has 8 nitrogen and oxygen atoms in total. The number of anilines is 1. The van der Waals surface area contributed by atoms with Gasteiger partial charge in [-0.1, -0.05) is 17.4 Å². The van der Waals surface area contributed by atoms with Gasteiger partial charge in [0.15, 0.2) is 16.6 Å². The van der Waals surface area contributed by atoms with Crippen LogP contribution in [0.3, 0.4) is 0 Å². The molecule has 1 N–H and O–H groups in total. The zero-order valence-corrected chi connectivity index (χ0v) is 22.0. The lowest BCUT2D eigenvalue weighted by molar-refractivity contribution is -0.132. The summed E-state index contributed by atoms with van der Waals surface area (Å²) in [5.41, 5.74) is 2.18. The van der Waals surface area contributed by atoms with Crippen molar-refractivity contribution in [2.75, 3.05) is 19.1 Å². The van der Waals surface area contributed by atoms with Crippen molar-refractivity contribution in [1.29, 1.82) is 0 Å². The number of fused-ring (bicyclic) bond motifs is 2. The molecule has 0 aliphatic carbocycles. The van der Waals surface area contributed by atoms with E-state index >= 15 is 0 Å². The van der Waals surface area contributed by atoms with Gasteiger partial charge in [0.2, 0.25) is 0 Å². The molecule has 3 heterocycles. The number of rotatable bonds is 5. The molecule has 1 aromatic heterocycles. The van der Waals surface area contributed by atoms with Crippen LogP contribution in [-0.4, -0.2) is 42.1 Å². The number of aromatic nitrogens is 1. The van der Waals surface area contributed by atoms with E-state index in [0.29, 0.717) is 39.3 Å². The van der Waals surface area contributed by atoms with Crippen molar-refractivity contribution in [3.63, 3.8) is 0 Å². The molecule has 198 valence electrons. The standard InChI is InChI=1S/C29H23FN2O6S/c1-14-10-17-11-16(5-8-20(17)38-14)26(33)24-25(15-4-9-21(36-2)22(12-15)37-3)32(28(35)27(24)34)29-31-19-7-6-18(30)13-23(19)39-29/h4-9,11-14,25,33H,10H2,1-3H3/b26-24+/t14-,25-/m1/s1. The number of aliphatic hydroxyl groups excluding tert-OH is 1. The normalized spacial score (nSPS) is 19.8. The number of thiazole rings is 1. The predicted octanol–water partition coefficient (Wildman–Crippen LogP) is 5.40. The number of nitrogens with zero attached hydrogens (tertiary/aromatic N) is 2. The van der Waals surface area contributed by atoms with E-state index in [1.54, 1.807) is 36.4 Å². The Morgan fingerprint density at radius 1 is 1.08 bits per heavy atom. The van der Waals surface area contributed by atoms with Crippen molar-refractivity contribution in [2.45, 2.75) is 25.5 Å². The van der Waals surface area contributed by atoms with Crippen molar-refractivity contribution in [3.8, 4) is 17.2 Å². The van der Waals surface area contributed by atoms with Crippen LogP contribution in [0.25, 0.3) is 16.0 Å². The Kier molecular flexibility index (Phi) is 5.99. The minimum absolute atomic E-state index is 0.00128. The third kappa shape index (κ3) is 4.08. The van der Waals surface area contributed by atoms with Crippen LogP contribution >= 0.6 is 11.3 Å². The monoisotopic (exact) mass is 546 g/mol. The zero-order chi connectivity index (χ0) is 27.4. The third-order valence-corrected chi connectivity index (χ3v) is 7.90. The number of carbonyl (C=O) groups excluding carboxylic acids is 2. The Labute approximate surface area is 226 Å². The number of aliphatic hydroxyl groups is 1. The first kappa shape index (κ1) is 24.9. The van der Waals surface area contributed by atoms with Gasteiger partial charge >= 0.3 is 5.91 Å². The number of benzene rings is 3. The van der Waals surface area contributed by atoms with Gasteiger partial charge in [-0.15, -0.1) is 0 Å². The Morgan fingerprint density at radius 3 is 2.64 bits per heavy atom. The highest BCUT2D eigenvalue weighted by molar-refractivity contribution is 7.22. The van der Waals surface area contributed by atoms with Gasteiger partial charge in [-0.2, -0.15) is 0 Å². The molecule has 1 fully saturated rings. The van der Waals surface area contributed by atoms with E-state index in [9.17, 15) is 19.1 Å². The Hall–Kier alpha value is -4.44. The molecule has 10 heteroatoms. The molecule has 3 aromatic carbocycles. The molecule has 2 atom stereocenters. The van der Waals surface area contributed by atoms with E-state index < -0.39 is 23.5 Å². The van der Waals surface area contributed by atoms with E-state index in [-0.39, 0.29) is 22.6 Å². The molecule has 2 aliphatic heterocycles. The Bertz CT molecular complexity index is 1700. The average molecular weight is 547 g/mol. The second kappa shape index (κ2) is 9.39. The summed E-state index contributed by atoms with van der Waals surface area (Å²) in [6.07, 6.45) is 0.658. The maximum absolute atomic E-state index is 13.9. The molecule has 0 radical (unpaired) electrons. The fraction of sp³-hybridized carbons (Fsp3) is 0.207. The van der Waals surface area contributed by atoms with Crippen LogP contribution in [0, 0.1) is 5.82 Å². The van der Waals surface area contributed by atoms with E-state index in [4.69, 9.17) is 14.2 Å². The molecule has 1 saturated heterocycles. The van der Waals surface area contributed by atoms with Crippen LogP contribution in [0.5, 0.6) is 17.2 Å². The number of hydrogen-bond donors (Lipinski definition) is 1. The summed E-state index contributed by atoms with van der Waals surface area (Å²) in [4.78, 5) is 32.9. The van der Waals surface area contributed by atoms with Gasteiger partial charge in [0.1, 0.15) is 23.4 Å². The first-order chi connectivity index (χ1) is 18.8. The van der Waals surface area contributed by atoms with Crippen molar-refractivity contribution >= 4 is 44.1 Å². The summed E-state index contributed by atoms with van der Waals surface area (Å²) in [5, 5.41) is 11.7. The van der Waals surface area contributed by atoms with E-state index in [2.05, 4.69) is 4.98 Å². The summed E-state index contributed by atoms with van der Waals surface area (Å²) in [6.45, 7) is 1.95. The van der Waals surface area contributed by atoms with Crippen molar-refractivity contribution in [2.24, 2.45) is 0 Å². The quantitative estimate of drug-likeness (QED) is 0.203. The largest absolute Gasteiger partial charge is 0.507 e.